The Labute approximate surface area is 107 Å². The molecule has 0 aliphatic rings. The van der Waals surface area contributed by atoms with Crippen LogP contribution in [-0.2, 0) is 6.54 Å². The van der Waals surface area contributed by atoms with Crippen molar-refractivity contribution in [1.82, 2.24) is 15.5 Å². The molecule has 5 nitrogen and oxygen atoms in total. The second-order valence-corrected chi connectivity index (χ2v) is 5.56. The average molecular weight is 258 g/mol. The molecule has 2 N–H and O–H groups in total. The molecule has 0 radical (unpaired) electrons. The number of anilines is 1. The second-order valence-electron chi connectivity index (χ2n) is 4.24. The first-order valence-electron chi connectivity index (χ1n) is 6.01. The van der Waals surface area contributed by atoms with Crippen LogP contribution in [0, 0.1) is 0 Å². The van der Waals surface area contributed by atoms with E-state index in [1.165, 1.54) is 0 Å². The Balaban J connectivity index is 2.34. The molecule has 0 bridgehead atoms. The van der Waals surface area contributed by atoms with Gasteiger partial charge in [0.05, 0.1) is 6.54 Å². The standard InChI is InChI=1S/C11H22N4OS/c1-5-17-7-9(4)13-11-15-14-10(16-11)6-12-8(2)3/h8-9,12H,5-7H2,1-4H3,(H,13,15). The van der Waals surface area contributed by atoms with Crippen LogP contribution in [0.15, 0.2) is 4.42 Å². The summed E-state index contributed by atoms with van der Waals surface area (Å²) in [6, 6.07) is 1.26. The highest BCUT2D eigenvalue weighted by molar-refractivity contribution is 7.99. The zero-order valence-electron chi connectivity index (χ0n) is 11.0. The molecule has 1 aromatic rings. The number of thioether (sulfide) groups is 1. The number of aromatic nitrogens is 2. The highest BCUT2D eigenvalue weighted by atomic mass is 32.2. The highest BCUT2D eigenvalue weighted by Crippen LogP contribution is 2.10. The minimum atomic E-state index is 0.339. The summed E-state index contributed by atoms with van der Waals surface area (Å²) in [5, 5.41) is 14.4. The van der Waals surface area contributed by atoms with Gasteiger partial charge in [0.2, 0.25) is 5.89 Å². The summed E-state index contributed by atoms with van der Waals surface area (Å²) >= 11 is 1.89. The van der Waals surface area contributed by atoms with E-state index in [1.54, 1.807) is 0 Å². The molecular formula is C11H22N4OS. The van der Waals surface area contributed by atoms with E-state index in [0.29, 0.717) is 30.5 Å². The van der Waals surface area contributed by atoms with Crippen LogP contribution in [-0.4, -0.2) is 33.8 Å². The van der Waals surface area contributed by atoms with E-state index in [-0.39, 0.29) is 0 Å². The van der Waals surface area contributed by atoms with Crippen molar-refractivity contribution in [3.63, 3.8) is 0 Å². The average Bonchev–Trinajstić information content (AvgIpc) is 2.71. The molecular weight excluding hydrogens is 236 g/mol. The fourth-order valence-electron chi connectivity index (χ4n) is 1.22. The molecule has 1 aromatic heterocycles. The molecule has 1 atom stereocenters. The van der Waals surface area contributed by atoms with Crippen LogP contribution < -0.4 is 10.6 Å². The Morgan fingerprint density at radius 1 is 1.29 bits per heavy atom. The molecule has 1 unspecified atom stereocenters. The lowest BCUT2D eigenvalue weighted by molar-refractivity contribution is 0.457. The fourth-order valence-corrected chi connectivity index (χ4v) is 1.89. The zero-order chi connectivity index (χ0) is 12.7. The zero-order valence-corrected chi connectivity index (χ0v) is 11.8. The summed E-state index contributed by atoms with van der Waals surface area (Å²) in [6.07, 6.45) is 0. The molecule has 0 spiro atoms. The molecule has 1 heterocycles. The maximum absolute atomic E-state index is 5.48. The maximum atomic E-state index is 5.48. The van der Waals surface area contributed by atoms with Gasteiger partial charge >= 0.3 is 6.01 Å². The Morgan fingerprint density at radius 2 is 2.06 bits per heavy atom. The maximum Gasteiger partial charge on any atom is 0.315 e. The second kappa shape index (κ2) is 7.55. The molecule has 6 heteroatoms. The van der Waals surface area contributed by atoms with Crippen LogP contribution in [0.4, 0.5) is 6.01 Å². The molecule has 1 rings (SSSR count). The van der Waals surface area contributed by atoms with Gasteiger partial charge in [0, 0.05) is 17.8 Å². The van der Waals surface area contributed by atoms with Crippen LogP contribution in [0.25, 0.3) is 0 Å². The van der Waals surface area contributed by atoms with Crippen molar-refractivity contribution in [2.24, 2.45) is 0 Å². The highest BCUT2D eigenvalue weighted by Gasteiger charge is 2.09. The molecule has 0 amide bonds. The predicted octanol–water partition coefficient (Wildman–Crippen LogP) is 2.12. The van der Waals surface area contributed by atoms with Gasteiger partial charge in [-0.3, -0.25) is 0 Å². The van der Waals surface area contributed by atoms with E-state index >= 15 is 0 Å². The minimum absolute atomic E-state index is 0.339. The lowest BCUT2D eigenvalue weighted by Gasteiger charge is -2.10. The fraction of sp³-hybridized carbons (Fsp3) is 0.818. The third-order valence-electron chi connectivity index (χ3n) is 2.07. The van der Waals surface area contributed by atoms with Gasteiger partial charge in [-0.25, -0.2) is 0 Å². The number of nitrogens with one attached hydrogen (secondary N) is 2. The molecule has 0 aliphatic heterocycles. The SMILES string of the molecule is CCSCC(C)Nc1nnc(CNC(C)C)o1. The van der Waals surface area contributed by atoms with Crippen molar-refractivity contribution in [3.8, 4) is 0 Å². The first kappa shape index (κ1) is 14.3. The van der Waals surface area contributed by atoms with E-state index in [1.807, 2.05) is 11.8 Å². The van der Waals surface area contributed by atoms with Gasteiger partial charge in [0.15, 0.2) is 0 Å². The summed E-state index contributed by atoms with van der Waals surface area (Å²) in [4.78, 5) is 0. The van der Waals surface area contributed by atoms with Gasteiger partial charge in [-0.2, -0.15) is 11.8 Å². The van der Waals surface area contributed by atoms with Gasteiger partial charge < -0.3 is 15.1 Å². The Kier molecular flexibility index (Phi) is 6.36. The predicted molar refractivity (Wildman–Crippen MR) is 72.4 cm³/mol. The van der Waals surface area contributed by atoms with Crippen LogP contribution in [0.1, 0.15) is 33.6 Å². The van der Waals surface area contributed by atoms with E-state index in [0.717, 1.165) is 11.5 Å². The van der Waals surface area contributed by atoms with Crippen molar-refractivity contribution in [2.45, 2.75) is 46.3 Å². The number of hydrogen-bond donors (Lipinski definition) is 2. The monoisotopic (exact) mass is 258 g/mol. The van der Waals surface area contributed by atoms with E-state index in [2.05, 4.69) is 48.5 Å². The normalized spacial score (nSPS) is 13.0. The van der Waals surface area contributed by atoms with Crippen molar-refractivity contribution in [1.29, 1.82) is 0 Å². The van der Waals surface area contributed by atoms with E-state index in [4.69, 9.17) is 4.42 Å². The van der Waals surface area contributed by atoms with Crippen LogP contribution in [0.5, 0.6) is 0 Å². The largest absolute Gasteiger partial charge is 0.407 e. The minimum Gasteiger partial charge on any atom is -0.407 e. The first-order chi connectivity index (χ1) is 8.11. The molecule has 0 aliphatic carbocycles. The van der Waals surface area contributed by atoms with Crippen LogP contribution >= 0.6 is 11.8 Å². The summed E-state index contributed by atoms with van der Waals surface area (Å²) in [6.45, 7) is 9.04. The van der Waals surface area contributed by atoms with E-state index in [9.17, 15) is 0 Å². The smallest absolute Gasteiger partial charge is 0.315 e. The Morgan fingerprint density at radius 3 is 2.71 bits per heavy atom. The van der Waals surface area contributed by atoms with Crippen molar-refractivity contribution >= 4 is 17.8 Å². The molecule has 98 valence electrons. The summed E-state index contributed by atoms with van der Waals surface area (Å²) in [7, 11) is 0. The number of hydrogen-bond acceptors (Lipinski definition) is 6. The van der Waals surface area contributed by atoms with Gasteiger partial charge in [-0.15, -0.1) is 5.10 Å². The van der Waals surface area contributed by atoms with Gasteiger partial charge in [-0.05, 0) is 12.7 Å². The third kappa shape index (κ3) is 5.93. The van der Waals surface area contributed by atoms with Crippen molar-refractivity contribution in [2.75, 3.05) is 16.8 Å². The number of nitrogens with zero attached hydrogens (tertiary/aromatic N) is 2. The van der Waals surface area contributed by atoms with Gasteiger partial charge in [0.1, 0.15) is 0 Å². The lowest BCUT2D eigenvalue weighted by atomic mass is 10.4. The summed E-state index contributed by atoms with van der Waals surface area (Å²) in [5.41, 5.74) is 0. The topological polar surface area (TPSA) is 63.0 Å². The Hall–Kier alpha value is -0.750. The molecule has 0 saturated carbocycles. The Bertz CT molecular complexity index is 316. The lowest BCUT2D eigenvalue weighted by Crippen LogP contribution is -2.22. The van der Waals surface area contributed by atoms with Crippen molar-refractivity contribution < 1.29 is 4.42 Å². The van der Waals surface area contributed by atoms with Gasteiger partial charge in [-0.1, -0.05) is 25.9 Å². The van der Waals surface area contributed by atoms with Crippen molar-refractivity contribution in [3.05, 3.63) is 5.89 Å². The first-order valence-corrected chi connectivity index (χ1v) is 7.17. The van der Waals surface area contributed by atoms with Crippen LogP contribution in [0.2, 0.25) is 0 Å². The van der Waals surface area contributed by atoms with Crippen LogP contribution in [0.3, 0.4) is 0 Å². The molecule has 17 heavy (non-hydrogen) atoms. The van der Waals surface area contributed by atoms with Gasteiger partial charge in [0.25, 0.3) is 0 Å². The van der Waals surface area contributed by atoms with E-state index < -0.39 is 0 Å². The third-order valence-corrected chi connectivity index (χ3v) is 3.21. The molecule has 0 aromatic carbocycles. The summed E-state index contributed by atoms with van der Waals surface area (Å²) in [5.74, 6) is 2.79. The molecule has 0 saturated heterocycles. The quantitative estimate of drug-likeness (QED) is 0.744. The molecule has 0 fully saturated rings. The summed E-state index contributed by atoms with van der Waals surface area (Å²) < 4.78 is 5.48. The number of rotatable bonds is 8.